The lowest BCUT2D eigenvalue weighted by Crippen LogP contribution is -2.29. The highest BCUT2D eigenvalue weighted by Crippen LogP contribution is 2.56. The standard InChI is InChI=1S/C35H30O4/c1-21(2)33(36)38-31-17-15-25(19-23(31)5)35(26-16-18-32(24(6)20-26)39-34(37)22(3)4)29-13-9-7-11-27(29)28-12-8-10-14-30(28)35/h7-20H,1,3H2,2,4-6H3. The SMILES string of the molecule is C=C(C)C(=O)Oc1ccc(C2(c3ccc(OC(=O)C(=C)C)c(C)c3)c3ccccc3-c3ccccc32)cc1C. The molecule has 4 heteroatoms. The molecular formula is C35H30O4. The third kappa shape index (κ3) is 4.28. The Kier molecular flexibility index (Phi) is 6.57. The van der Waals surface area contributed by atoms with E-state index >= 15 is 0 Å². The molecule has 4 aromatic carbocycles. The molecule has 4 aromatic rings. The van der Waals surface area contributed by atoms with Crippen molar-refractivity contribution in [1.82, 2.24) is 0 Å². The van der Waals surface area contributed by atoms with E-state index in [2.05, 4.69) is 73.8 Å². The molecule has 5 rings (SSSR count). The average molecular weight is 515 g/mol. The van der Waals surface area contributed by atoms with Crippen LogP contribution in [0.15, 0.2) is 109 Å². The molecule has 0 radical (unpaired) electrons. The number of hydrogen-bond donors (Lipinski definition) is 0. The Balaban J connectivity index is 1.76. The Morgan fingerprint density at radius 2 is 1.00 bits per heavy atom. The van der Waals surface area contributed by atoms with Gasteiger partial charge in [-0.1, -0.05) is 86.0 Å². The molecule has 194 valence electrons. The highest BCUT2D eigenvalue weighted by Gasteiger charge is 2.46. The van der Waals surface area contributed by atoms with Crippen LogP contribution in [-0.2, 0) is 15.0 Å². The number of rotatable bonds is 6. The number of hydrogen-bond acceptors (Lipinski definition) is 4. The van der Waals surface area contributed by atoms with Crippen LogP contribution in [-0.4, -0.2) is 11.9 Å². The van der Waals surface area contributed by atoms with Gasteiger partial charge in [-0.2, -0.15) is 0 Å². The van der Waals surface area contributed by atoms with E-state index in [0.717, 1.165) is 33.4 Å². The first-order valence-electron chi connectivity index (χ1n) is 12.8. The molecule has 0 spiro atoms. The van der Waals surface area contributed by atoms with Crippen LogP contribution in [0.4, 0.5) is 0 Å². The Bertz CT molecular complexity index is 1550. The van der Waals surface area contributed by atoms with Crippen LogP contribution in [0.25, 0.3) is 11.1 Å². The van der Waals surface area contributed by atoms with Gasteiger partial charge in [-0.05, 0) is 84.3 Å². The van der Waals surface area contributed by atoms with Crippen molar-refractivity contribution in [2.24, 2.45) is 0 Å². The second-order valence-electron chi connectivity index (χ2n) is 10.1. The molecule has 0 fully saturated rings. The van der Waals surface area contributed by atoms with E-state index in [1.807, 2.05) is 38.1 Å². The summed E-state index contributed by atoms with van der Waals surface area (Å²) in [7, 11) is 0. The fourth-order valence-electron chi connectivity index (χ4n) is 5.39. The van der Waals surface area contributed by atoms with Gasteiger partial charge in [-0.25, -0.2) is 9.59 Å². The molecular weight excluding hydrogens is 484 g/mol. The number of benzene rings is 4. The zero-order valence-electron chi connectivity index (χ0n) is 22.6. The summed E-state index contributed by atoms with van der Waals surface area (Å²) >= 11 is 0. The minimum atomic E-state index is -0.642. The fourth-order valence-corrected chi connectivity index (χ4v) is 5.39. The molecule has 0 aliphatic heterocycles. The number of aryl methyl sites for hydroxylation is 2. The van der Waals surface area contributed by atoms with Gasteiger partial charge in [0.1, 0.15) is 11.5 Å². The Hall–Kier alpha value is -4.70. The van der Waals surface area contributed by atoms with Crippen molar-refractivity contribution < 1.29 is 19.1 Å². The van der Waals surface area contributed by atoms with Crippen LogP contribution in [0.3, 0.4) is 0 Å². The van der Waals surface area contributed by atoms with E-state index in [1.54, 1.807) is 13.8 Å². The van der Waals surface area contributed by atoms with Crippen molar-refractivity contribution in [3.05, 3.63) is 143 Å². The van der Waals surface area contributed by atoms with Crippen LogP contribution in [0, 0.1) is 13.8 Å². The molecule has 4 nitrogen and oxygen atoms in total. The number of esters is 2. The predicted molar refractivity (Wildman–Crippen MR) is 154 cm³/mol. The average Bonchev–Trinajstić information content (AvgIpc) is 3.22. The maximum Gasteiger partial charge on any atom is 0.338 e. The second kappa shape index (κ2) is 9.88. The van der Waals surface area contributed by atoms with Gasteiger partial charge in [0.2, 0.25) is 0 Å². The second-order valence-corrected chi connectivity index (χ2v) is 10.1. The van der Waals surface area contributed by atoms with Crippen molar-refractivity contribution in [2.75, 3.05) is 0 Å². The summed E-state index contributed by atoms with van der Waals surface area (Å²) in [5, 5.41) is 0. The smallest absolute Gasteiger partial charge is 0.338 e. The van der Waals surface area contributed by atoms with Crippen molar-refractivity contribution in [2.45, 2.75) is 33.1 Å². The van der Waals surface area contributed by atoms with Gasteiger partial charge in [0.15, 0.2) is 0 Å². The molecule has 0 unspecified atom stereocenters. The van der Waals surface area contributed by atoms with E-state index < -0.39 is 17.4 Å². The van der Waals surface area contributed by atoms with Crippen molar-refractivity contribution in [3.63, 3.8) is 0 Å². The Labute approximate surface area is 229 Å². The zero-order chi connectivity index (χ0) is 27.9. The Morgan fingerprint density at radius 1 is 0.615 bits per heavy atom. The summed E-state index contributed by atoms with van der Waals surface area (Å²) in [6, 6.07) is 28.8. The third-order valence-electron chi connectivity index (χ3n) is 7.27. The van der Waals surface area contributed by atoms with Gasteiger partial charge in [-0.15, -0.1) is 0 Å². The maximum absolute atomic E-state index is 12.2. The first-order chi connectivity index (χ1) is 18.6. The van der Waals surface area contributed by atoms with Crippen LogP contribution in [0.5, 0.6) is 11.5 Å². The summed E-state index contributed by atoms with van der Waals surface area (Å²) in [5.41, 5.74) is 8.45. The molecule has 0 N–H and O–H groups in total. The quantitative estimate of drug-likeness (QED) is 0.133. The maximum atomic E-state index is 12.2. The van der Waals surface area contributed by atoms with Crippen molar-refractivity contribution in [1.29, 1.82) is 0 Å². The lowest BCUT2D eigenvalue weighted by Gasteiger charge is -2.34. The van der Waals surface area contributed by atoms with E-state index in [1.165, 1.54) is 11.1 Å². The number of ether oxygens (including phenoxy) is 2. The number of fused-ring (bicyclic) bond motifs is 3. The molecule has 0 bridgehead atoms. The van der Waals surface area contributed by atoms with Gasteiger partial charge >= 0.3 is 11.9 Å². The van der Waals surface area contributed by atoms with Crippen LogP contribution in [0.1, 0.15) is 47.2 Å². The number of carbonyl (C=O) groups is 2. The fraction of sp³-hybridized carbons (Fsp3) is 0.143. The van der Waals surface area contributed by atoms with E-state index in [0.29, 0.717) is 22.6 Å². The highest BCUT2D eigenvalue weighted by molar-refractivity contribution is 5.90. The van der Waals surface area contributed by atoms with E-state index in [-0.39, 0.29) is 0 Å². The predicted octanol–water partition coefficient (Wildman–Crippen LogP) is 7.63. The van der Waals surface area contributed by atoms with Gasteiger partial charge in [0, 0.05) is 11.1 Å². The summed E-state index contributed by atoms with van der Waals surface area (Å²) in [5.74, 6) is 0.0969. The van der Waals surface area contributed by atoms with E-state index in [9.17, 15) is 9.59 Å². The van der Waals surface area contributed by atoms with Gasteiger partial charge < -0.3 is 9.47 Å². The third-order valence-corrected chi connectivity index (χ3v) is 7.27. The van der Waals surface area contributed by atoms with Gasteiger partial charge in [-0.3, -0.25) is 0 Å². The Morgan fingerprint density at radius 3 is 1.36 bits per heavy atom. The molecule has 0 amide bonds. The molecule has 0 saturated carbocycles. The lowest BCUT2D eigenvalue weighted by atomic mass is 9.67. The summed E-state index contributed by atoms with van der Waals surface area (Å²) in [4.78, 5) is 24.5. The first-order valence-corrected chi connectivity index (χ1v) is 12.8. The molecule has 0 saturated heterocycles. The van der Waals surface area contributed by atoms with Crippen LogP contribution < -0.4 is 9.47 Å². The number of carbonyl (C=O) groups excluding carboxylic acids is 2. The summed E-state index contributed by atoms with van der Waals surface area (Å²) < 4.78 is 11.2. The summed E-state index contributed by atoms with van der Waals surface area (Å²) in [6.07, 6.45) is 0. The molecule has 1 aliphatic rings. The van der Waals surface area contributed by atoms with Gasteiger partial charge in [0.25, 0.3) is 0 Å². The first kappa shape index (κ1) is 25.9. The van der Waals surface area contributed by atoms with Crippen LogP contribution in [0.2, 0.25) is 0 Å². The molecule has 0 atom stereocenters. The minimum absolute atomic E-state index is 0.344. The van der Waals surface area contributed by atoms with Crippen molar-refractivity contribution >= 4 is 11.9 Å². The monoisotopic (exact) mass is 514 g/mol. The normalized spacial score (nSPS) is 12.7. The minimum Gasteiger partial charge on any atom is -0.423 e. The molecule has 0 aromatic heterocycles. The van der Waals surface area contributed by atoms with Crippen LogP contribution >= 0.6 is 0 Å². The molecule has 39 heavy (non-hydrogen) atoms. The van der Waals surface area contributed by atoms with Gasteiger partial charge in [0.05, 0.1) is 5.41 Å². The van der Waals surface area contributed by atoms with Crippen molar-refractivity contribution in [3.8, 4) is 22.6 Å². The summed E-state index contributed by atoms with van der Waals surface area (Å²) in [6.45, 7) is 14.5. The topological polar surface area (TPSA) is 52.6 Å². The largest absolute Gasteiger partial charge is 0.423 e. The molecule has 0 heterocycles. The molecule has 1 aliphatic carbocycles. The zero-order valence-corrected chi connectivity index (χ0v) is 22.6. The lowest BCUT2D eigenvalue weighted by molar-refractivity contribution is -0.131. The highest BCUT2D eigenvalue weighted by atomic mass is 16.5. The van der Waals surface area contributed by atoms with E-state index in [4.69, 9.17) is 9.47 Å².